The van der Waals surface area contributed by atoms with Crippen LogP contribution in [0.1, 0.15) is 16.9 Å². The van der Waals surface area contributed by atoms with Crippen molar-refractivity contribution in [3.05, 3.63) is 28.2 Å². The average molecular weight is 292 g/mol. The van der Waals surface area contributed by atoms with Crippen LogP contribution in [0.3, 0.4) is 0 Å². The van der Waals surface area contributed by atoms with Crippen LogP contribution >= 0.6 is 0 Å². The number of H-pyrrole nitrogens is 1. The van der Waals surface area contributed by atoms with Crippen LogP contribution in [0.5, 0.6) is 0 Å². The van der Waals surface area contributed by atoms with Crippen molar-refractivity contribution >= 4 is 11.8 Å². The summed E-state index contributed by atoms with van der Waals surface area (Å²) in [7, 11) is 0. The molecule has 0 aliphatic carbocycles. The van der Waals surface area contributed by atoms with Crippen molar-refractivity contribution in [1.29, 1.82) is 0 Å². The maximum absolute atomic E-state index is 11.8. The average Bonchev–Trinajstić information content (AvgIpc) is 2.37. The summed E-state index contributed by atoms with van der Waals surface area (Å²) in [4.78, 5) is 32.6. The predicted octanol–water partition coefficient (Wildman–Crippen LogP) is -0.432. The molecule has 3 N–H and O–H groups in total. The molecule has 1 heterocycles. The third kappa shape index (κ3) is 5.08. The van der Waals surface area contributed by atoms with Crippen LogP contribution in [0.15, 0.2) is 16.9 Å². The fourth-order valence-corrected chi connectivity index (χ4v) is 1.15. The molecule has 1 rings (SSSR count). The first kappa shape index (κ1) is 15.7. The molecule has 0 aliphatic heterocycles. The van der Waals surface area contributed by atoms with Gasteiger partial charge in [0.15, 0.2) is 0 Å². The van der Waals surface area contributed by atoms with Crippen LogP contribution in [0.25, 0.3) is 0 Å². The van der Waals surface area contributed by atoms with Gasteiger partial charge in [0.2, 0.25) is 0 Å². The van der Waals surface area contributed by atoms with Gasteiger partial charge in [-0.15, -0.1) is 0 Å². The number of rotatable bonds is 5. The lowest BCUT2D eigenvalue weighted by molar-refractivity contribution is -0.173. The van der Waals surface area contributed by atoms with Crippen LogP contribution in [-0.4, -0.2) is 41.3 Å². The number of halogens is 3. The zero-order valence-electron chi connectivity index (χ0n) is 10.1. The third-order valence-electron chi connectivity index (χ3n) is 2.09. The van der Waals surface area contributed by atoms with Gasteiger partial charge in [-0.3, -0.25) is 14.4 Å². The van der Waals surface area contributed by atoms with Crippen LogP contribution in [0.4, 0.5) is 13.2 Å². The smallest absolute Gasteiger partial charge is 0.351 e. The van der Waals surface area contributed by atoms with Crippen molar-refractivity contribution in [1.82, 2.24) is 20.8 Å². The second kappa shape index (κ2) is 6.68. The molecule has 0 saturated carbocycles. The molecule has 0 unspecified atom stereocenters. The van der Waals surface area contributed by atoms with Crippen molar-refractivity contribution in [2.45, 2.75) is 12.6 Å². The van der Waals surface area contributed by atoms with Gasteiger partial charge in [0.05, 0.1) is 0 Å². The van der Waals surface area contributed by atoms with Crippen molar-refractivity contribution in [2.75, 3.05) is 13.1 Å². The Kier molecular flexibility index (Phi) is 5.23. The molecule has 1 aromatic rings. The lowest BCUT2D eigenvalue weighted by Crippen LogP contribution is -2.38. The summed E-state index contributed by atoms with van der Waals surface area (Å²) >= 11 is 0. The number of aromatic amines is 1. The molecule has 0 spiro atoms. The van der Waals surface area contributed by atoms with Crippen molar-refractivity contribution in [3.63, 3.8) is 0 Å². The monoisotopic (exact) mass is 292 g/mol. The molecule has 0 saturated heterocycles. The zero-order chi connectivity index (χ0) is 15.2. The van der Waals surface area contributed by atoms with E-state index in [9.17, 15) is 27.6 Å². The van der Waals surface area contributed by atoms with Crippen LogP contribution in [-0.2, 0) is 4.79 Å². The molecule has 0 fully saturated rings. The standard InChI is InChI=1S/C10H11F3N4O3/c11-10(12,13)9(20)15-5-1-4-14-8(19)6-2-3-7(18)17-16-6/h2-3H,1,4-5H2,(H,14,19)(H,15,20)(H,17,18). The number of aromatic nitrogens is 2. The minimum Gasteiger partial charge on any atom is -0.351 e. The SMILES string of the molecule is O=C(NCCCNC(=O)C(F)(F)F)c1ccc(=O)[nH]n1. The van der Waals surface area contributed by atoms with Gasteiger partial charge >= 0.3 is 12.1 Å². The van der Waals surface area contributed by atoms with E-state index in [2.05, 4.69) is 15.5 Å². The summed E-state index contributed by atoms with van der Waals surface area (Å²) < 4.78 is 35.5. The van der Waals surface area contributed by atoms with Crippen LogP contribution in [0.2, 0.25) is 0 Å². The van der Waals surface area contributed by atoms with E-state index in [0.717, 1.165) is 6.07 Å². The summed E-state index contributed by atoms with van der Waals surface area (Å²) in [6.07, 6.45) is -4.79. The quantitative estimate of drug-likeness (QED) is 0.640. The molecule has 0 aromatic carbocycles. The van der Waals surface area contributed by atoms with E-state index in [-0.39, 0.29) is 25.2 Å². The number of alkyl halides is 3. The van der Waals surface area contributed by atoms with Crippen molar-refractivity contribution < 1.29 is 22.8 Å². The Hall–Kier alpha value is -2.39. The Bertz CT molecular complexity index is 521. The van der Waals surface area contributed by atoms with E-state index in [1.807, 2.05) is 0 Å². The van der Waals surface area contributed by atoms with Crippen LogP contribution in [0, 0.1) is 0 Å². The second-order valence-electron chi connectivity index (χ2n) is 3.67. The number of carbonyl (C=O) groups excluding carboxylic acids is 2. The second-order valence-corrected chi connectivity index (χ2v) is 3.67. The van der Waals surface area contributed by atoms with E-state index in [4.69, 9.17) is 0 Å². The maximum atomic E-state index is 11.8. The number of hydrogen-bond donors (Lipinski definition) is 3. The maximum Gasteiger partial charge on any atom is 0.471 e. The highest BCUT2D eigenvalue weighted by Crippen LogP contribution is 2.13. The van der Waals surface area contributed by atoms with Gasteiger partial charge < -0.3 is 10.6 Å². The first-order chi connectivity index (χ1) is 9.30. The molecule has 0 atom stereocenters. The van der Waals surface area contributed by atoms with Gasteiger partial charge in [0.25, 0.3) is 11.5 Å². The largest absolute Gasteiger partial charge is 0.471 e. The molecule has 0 aliphatic rings. The van der Waals surface area contributed by atoms with Gasteiger partial charge in [0, 0.05) is 19.2 Å². The van der Waals surface area contributed by atoms with Crippen LogP contribution < -0.4 is 16.2 Å². The van der Waals surface area contributed by atoms with E-state index in [1.54, 1.807) is 5.32 Å². The molecule has 2 amide bonds. The fraction of sp³-hybridized carbons (Fsp3) is 0.400. The molecule has 0 radical (unpaired) electrons. The summed E-state index contributed by atoms with van der Waals surface area (Å²) in [6.45, 7) is -0.171. The minimum absolute atomic E-state index is 0.0241. The Balaban J connectivity index is 2.25. The summed E-state index contributed by atoms with van der Waals surface area (Å²) in [6, 6.07) is 2.32. The Labute approximate surface area is 110 Å². The first-order valence-corrected chi connectivity index (χ1v) is 5.49. The lowest BCUT2D eigenvalue weighted by atomic mass is 10.3. The van der Waals surface area contributed by atoms with Gasteiger partial charge in [0.1, 0.15) is 5.69 Å². The topological polar surface area (TPSA) is 104 Å². The number of nitrogens with zero attached hydrogens (tertiary/aromatic N) is 1. The van der Waals surface area contributed by atoms with Crippen molar-refractivity contribution in [3.8, 4) is 0 Å². The Morgan fingerprint density at radius 1 is 1.20 bits per heavy atom. The Morgan fingerprint density at radius 2 is 1.85 bits per heavy atom. The number of carbonyl (C=O) groups is 2. The molecule has 7 nitrogen and oxygen atoms in total. The summed E-state index contributed by atoms with van der Waals surface area (Å²) in [5.41, 5.74) is -0.486. The molecular weight excluding hydrogens is 281 g/mol. The molecule has 1 aromatic heterocycles. The molecule has 0 bridgehead atoms. The highest BCUT2D eigenvalue weighted by Gasteiger charge is 2.38. The molecular formula is C10H11F3N4O3. The van der Waals surface area contributed by atoms with E-state index < -0.39 is 23.5 Å². The van der Waals surface area contributed by atoms with Gasteiger partial charge in [-0.2, -0.15) is 18.3 Å². The predicted molar refractivity (Wildman–Crippen MR) is 60.9 cm³/mol. The normalized spacial score (nSPS) is 10.9. The molecule has 20 heavy (non-hydrogen) atoms. The van der Waals surface area contributed by atoms with E-state index in [1.165, 1.54) is 6.07 Å². The zero-order valence-corrected chi connectivity index (χ0v) is 10.1. The Morgan fingerprint density at radius 3 is 2.40 bits per heavy atom. The number of nitrogens with one attached hydrogen (secondary N) is 3. The third-order valence-corrected chi connectivity index (χ3v) is 2.09. The van der Waals surface area contributed by atoms with Gasteiger partial charge in [-0.1, -0.05) is 0 Å². The first-order valence-electron chi connectivity index (χ1n) is 5.49. The molecule has 110 valence electrons. The van der Waals surface area contributed by atoms with Gasteiger partial charge in [-0.05, 0) is 12.5 Å². The number of hydrogen-bond acceptors (Lipinski definition) is 4. The molecule has 10 heteroatoms. The van der Waals surface area contributed by atoms with E-state index >= 15 is 0 Å². The highest BCUT2D eigenvalue weighted by atomic mass is 19.4. The fourth-order valence-electron chi connectivity index (χ4n) is 1.15. The highest BCUT2D eigenvalue weighted by molar-refractivity contribution is 5.91. The summed E-state index contributed by atoms with van der Waals surface area (Å²) in [5.74, 6) is -2.60. The van der Waals surface area contributed by atoms with E-state index in [0.29, 0.717) is 0 Å². The minimum atomic E-state index is -4.91. The lowest BCUT2D eigenvalue weighted by Gasteiger charge is -2.08. The summed E-state index contributed by atoms with van der Waals surface area (Å²) in [5, 5.41) is 9.58. The van der Waals surface area contributed by atoms with Crippen molar-refractivity contribution in [2.24, 2.45) is 0 Å². The van der Waals surface area contributed by atoms with Gasteiger partial charge in [-0.25, -0.2) is 5.10 Å². The number of amides is 2.